The summed E-state index contributed by atoms with van der Waals surface area (Å²) in [5, 5.41) is 0.964. The second kappa shape index (κ2) is 25.7. The number of hydrogen-bond acceptors (Lipinski definition) is 25. The van der Waals surface area contributed by atoms with E-state index < -0.39 is 117 Å². The molecule has 0 aromatic rings. The monoisotopic (exact) mass is 1310 g/mol. The fraction of sp³-hybridized carbons (Fsp3) is 0.895. The van der Waals surface area contributed by atoms with Crippen molar-refractivity contribution in [2.24, 2.45) is 70.0 Å². The van der Waals surface area contributed by atoms with Crippen molar-refractivity contribution in [3.05, 3.63) is 0 Å². The van der Waals surface area contributed by atoms with Crippen LogP contribution in [0.5, 0.6) is 0 Å². The molecule has 0 aromatic carbocycles. The Bertz CT molecular complexity index is 3080. The van der Waals surface area contributed by atoms with E-state index in [4.69, 9.17) is 49.9 Å². The van der Waals surface area contributed by atoms with Crippen molar-refractivity contribution in [1.82, 2.24) is 5.32 Å². The Morgan fingerprint density at radius 3 is 1.22 bits per heavy atom. The summed E-state index contributed by atoms with van der Waals surface area (Å²) < 4.78 is 152. The molecule has 87 heavy (non-hydrogen) atoms. The first-order chi connectivity index (χ1) is 40.7. The molecule has 0 aromatic heterocycles. The smallest absolute Gasteiger partial charge is 0.407 e. The Kier molecular flexibility index (Phi) is 20.0. The summed E-state index contributed by atoms with van der Waals surface area (Å²) in [5.74, 6) is -1.83. The number of ether oxygens (including phenoxy) is 7. The maximum atomic E-state index is 11.9. The highest BCUT2D eigenvalue weighted by molar-refractivity contribution is 7.88. The molecule has 4 aliphatic heterocycles. The Balaban J connectivity index is 0.000000139. The number of carbonyl (C=O) groups is 6. The van der Waals surface area contributed by atoms with Gasteiger partial charge in [0.2, 0.25) is 0 Å². The summed E-state index contributed by atoms with van der Waals surface area (Å²) in [4.78, 5) is 70.8. The molecule has 12 rings (SSSR count). The van der Waals surface area contributed by atoms with E-state index in [0.29, 0.717) is 51.4 Å². The number of alkyl carbamates (subject to hydrolysis) is 1. The second-order valence-corrected chi connectivity index (χ2v) is 34.0. The lowest BCUT2D eigenvalue weighted by atomic mass is 9.91. The maximum Gasteiger partial charge on any atom is 0.407 e. The number of carbonyl (C=O) groups excluding carboxylic acids is 6. The van der Waals surface area contributed by atoms with Crippen LogP contribution < -0.4 is 5.32 Å². The number of rotatable bonds is 20. The van der Waals surface area contributed by atoms with Crippen LogP contribution in [0.25, 0.3) is 0 Å². The van der Waals surface area contributed by atoms with E-state index in [9.17, 15) is 62.4 Å². The number of esters is 5. The molecule has 4 saturated heterocycles. The number of nitrogens with one attached hydrogen (secondary N) is 1. The van der Waals surface area contributed by atoms with E-state index >= 15 is 0 Å². The minimum Gasteiger partial charge on any atom is -0.463 e. The Labute approximate surface area is 510 Å². The minimum atomic E-state index is -3.52. The predicted octanol–water partition coefficient (Wildman–Crippen LogP) is 4.39. The van der Waals surface area contributed by atoms with Crippen molar-refractivity contribution < 1.29 is 112 Å². The maximum absolute atomic E-state index is 11.9. The van der Waals surface area contributed by atoms with E-state index in [1.165, 1.54) is 0 Å². The first kappa shape index (κ1) is 67.6. The van der Waals surface area contributed by atoms with Crippen LogP contribution >= 0.6 is 0 Å². The largest absolute Gasteiger partial charge is 0.463 e. The lowest BCUT2D eigenvalue weighted by Gasteiger charge is -2.25. The molecule has 4 heterocycles. The molecular weight excluding hydrogens is 1230 g/mol. The van der Waals surface area contributed by atoms with Crippen LogP contribution in [-0.2, 0) is 114 Å². The lowest BCUT2D eigenvalue weighted by Crippen LogP contribution is -2.40. The highest BCUT2D eigenvalue weighted by atomic mass is 32.2. The van der Waals surface area contributed by atoms with Crippen LogP contribution in [0.2, 0.25) is 0 Å². The van der Waals surface area contributed by atoms with Gasteiger partial charge in [0.05, 0.1) is 62.9 Å². The summed E-state index contributed by atoms with van der Waals surface area (Å²) in [7, 11) is -13.8. The van der Waals surface area contributed by atoms with E-state index in [2.05, 4.69) is 5.32 Å². The topological polar surface area (TPSA) is 353 Å². The molecule has 8 bridgehead atoms. The van der Waals surface area contributed by atoms with Crippen molar-refractivity contribution in [3.63, 3.8) is 0 Å². The Morgan fingerprint density at radius 2 is 0.816 bits per heavy atom. The third-order valence-electron chi connectivity index (χ3n) is 20.9. The van der Waals surface area contributed by atoms with Gasteiger partial charge < -0.3 is 38.5 Å². The molecule has 12 fully saturated rings. The molecule has 1 amide bonds. The van der Waals surface area contributed by atoms with Crippen LogP contribution in [0, 0.1) is 70.0 Å². The predicted molar refractivity (Wildman–Crippen MR) is 303 cm³/mol. The van der Waals surface area contributed by atoms with Gasteiger partial charge in [0.1, 0.15) is 55.9 Å². The molecule has 12 aliphatic rings. The highest BCUT2D eigenvalue weighted by Crippen LogP contribution is 2.59. The van der Waals surface area contributed by atoms with Gasteiger partial charge in [0.15, 0.2) is 6.61 Å². The average Bonchev–Trinajstić information content (AvgIpc) is 1.62. The van der Waals surface area contributed by atoms with E-state index in [1.807, 2.05) is 48.5 Å². The quantitative estimate of drug-likeness (QED) is 0.0764. The van der Waals surface area contributed by atoms with Crippen molar-refractivity contribution >= 4 is 76.4 Å². The first-order valence-electron chi connectivity index (χ1n) is 30.8. The molecule has 22 unspecified atom stereocenters. The summed E-state index contributed by atoms with van der Waals surface area (Å²) in [5.41, 5.74) is -1.03. The lowest BCUT2D eigenvalue weighted by molar-refractivity contribution is -0.168. The van der Waals surface area contributed by atoms with Gasteiger partial charge in [-0.15, -0.1) is 0 Å². The van der Waals surface area contributed by atoms with Crippen LogP contribution in [0.1, 0.15) is 146 Å². The van der Waals surface area contributed by atoms with Gasteiger partial charge in [0, 0.05) is 41.4 Å². The molecule has 30 heteroatoms. The summed E-state index contributed by atoms with van der Waals surface area (Å²) >= 11 is 0. The first-order valence-corrected chi connectivity index (χ1v) is 36.7. The molecule has 22 atom stereocenters. The zero-order chi connectivity index (χ0) is 63.7. The number of amides is 1. The SMILES string of the molecule is CCC(C)(C)C(=O)OCCNC(=O)OC1C2CC3C1OS(=O)(=O)C3C2.CCC(C)(C)C(=O)OCCOC1C2CC3C1OS(=O)(=O)C3C2.CCC(C)C(=O)OC1C2CC3C1OS(=O)(=O)C3C2.CCC(C)C(=O)OCC(=O)OC1C2CC3C1OS(=O)(=O)C3C2. The highest BCUT2D eigenvalue weighted by Gasteiger charge is 2.68. The van der Waals surface area contributed by atoms with E-state index in [1.54, 1.807) is 20.8 Å². The molecule has 8 saturated carbocycles. The van der Waals surface area contributed by atoms with Crippen molar-refractivity contribution in [1.29, 1.82) is 0 Å². The molecule has 8 aliphatic carbocycles. The zero-order valence-corrected chi connectivity index (χ0v) is 54.3. The van der Waals surface area contributed by atoms with Gasteiger partial charge in [-0.3, -0.25) is 35.9 Å². The second-order valence-electron chi connectivity index (χ2n) is 26.9. The van der Waals surface area contributed by atoms with Gasteiger partial charge in [0.25, 0.3) is 40.5 Å². The zero-order valence-electron chi connectivity index (χ0n) is 51.1. The van der Waals surface area contributed by atoms with Gasteiger partial charge >= 0.3 is 35.9 Å². The Hall–Kier alpha value is -3.78. The molecule has 1 N–H and O–H groups in total. The number of hydrogen-bond donors (Lipinski definition) is 1. The average molecular weight is 1310 g/mol. The van der Waals surface area contributed by atoms with Crippen LogP contribution in [0.4, 0.5) is 4.79 Å². The van der Waals surface area contributed by atoms with E-state index in [-0.39, 0.29) is 132 Å². The van der Waals surface area contributed by atoms with Crippen LogP contribution in [0.15, 0.2) is 0 Å². The number of fused-ring (bicyclic) bond motifs is 4. The molecule has 26 nitrogen and oxygen atoms in total. The third-order valence-corrected chi connectivity index (χ3v) is 28.0. The molecular formula is C57H87NO25S4. The van der Waals surface area contributed by atoms with Crippen LogP contribution in [0.3, 0.4) is 0 Å². The van der Waals surface area contributed by atoms with Crippen molar-refractivity contribution in [2.75, 3.05) is 33.0 Å². The molecule has 494 valence electrons. The fourth-order valence-electron chi connectivity index (χ4n) is 14.7. The molecule has 0 radical (unpaired) electrons. The van der Waals surface area contributed by atoms with Crippen molar-refractivity contribution in [2.45, 2.75) is 216 Å². The van der Waals surface area contributed by atoms with Gasteiger partial charge in [-0.25, -0.2) is 9.59 Å². The normalized spacial score (nSPS) is 38.8. The third kappa shape index (κ3) is 13.6. The standard InChI is InChI=1S/C16H25NO7S.C15H24O6S.C14H20O7S.C12H18O5S/c1-4-16(2,3)14(18)22-6-5-17-15(19)23-12-9-7-10-11(8-9)25(20,21)24-13(10)12;1-4-15(2,3)14(16)20-6-5-19-12-9-7-10-11(8-9)22(17,18)21-13(10)12;1-3-7(2)14(16)19-6-11(15)20-12-8-4-9-10(5-8)22(17,18)21-13(9)12;1-3-6(2)12(13)16-10-7-4-8-9(5-7)18(14,15)17-11(8)10/h9-13H,4-8H2,1-3H3,(H,17,19);9-13H,4-8H2,1-3H3;7-10,12-13H,3-6H2,1-2H3;6-11H,3-5H2,1-2H3. The van der Waals surface area contributed by atoms with Gasteiger partial charge in [-0.2, -0.15) is 33.7 Å². The van der Waals surface area contributed by atoms with Gasteiger partial charge in [-0.1, -0.05) is 41.5 Å². The van der Waals surface area contributed by atoms with Crippen molar-refractivity contribution in [3.8, 4) is 0 Å². The van der Waals surface area contributed by atoms with Gasteiger partial charge in [-0.05, 0) is 111 Å². The van der Waals surface area contributed by atoms with Crippen LogP contribution in [-0.4, -0.2) is 172 Å². The summed E-state index contributed by atoms with van der Waals surface area (Å²) in [6.07, 6.45) is 3.89. The summed E-state index contributed by atoms with van der Waals surface area (Å²) in [6.45, 7) is 18.7. The summed E-state index contributed by atoms with van der Waals surface area (Å²) in [6, 6.07) is 0. The Morgan fingerprint density at radius 1 is 0.460 bits per heavy atom. The molecule has 0 spiro atoms. The minimum absolute atomic E-state index is 0.0199. The van der Waals surface area contributed by atoms with E-state index in [0.717, 1.165) is 25.7 Å². The fourth-order valence-corrected chi connectivity index (χ4v) is 22.3.